The van der Waals surface area contributed by atoms with Crippen LogP contribution in [0.3, 0.4) is 0 Å². The quantitative estimate of drug-likeness (QED) is 0.629. The molecule has 1 amide bonds. The fourth-order valence-corrected chi connectivity index (χ4v) is 4.84. The van der Waals surface area contributed by atoms with Gasteiger partial charge in [-0.05, 0) is 41.3 Å². The Bertz CT molecular complexity index is 1060. The van der Waals surface area contributed by atoms with Crippen molar-refractivity contribution in [1.82, 2.24) is 10.0 Å². The predicted molar refractivity (Wildman–Crippen MR) is 105 cm³/mol. The van der Waals surface area contributed by atoms with E-state index in [-0.39, 0.29) is 10.8 Å². The van der Waals surface area contributed by atoms with E-state index in [2.05, 4.69) is 15.4 Å². The minimum Gasteiger partial charge on any atom is -0.364 e. The first kappa shape index (κ1) is 17.7. The highest BCUT2D eigenvalue weighted by atomic mass is 32.2. The number of carbonyl (C=O) groups is 1. The number of para-hydroxylation sites is 1. The maximum atomic E-state index is 12.4. The highest BCUT2D eigenvalue weighted by Crippen LogP contribution is 2.30. The summed E-state index contributed by atoms with van der Waals surface area (Å²) >= 11 is 1.59. The zero-order valence-corrected chi connectivity index (χ0v) is 15.8. The summed E-state index contributed by atoms with van der Waals surface area (Å²) in [6.45, 7) is 0.485. The van der Waals surface area contributed by atoms with Crippen LogP contribution in [0.5, 0.6) is 0 Å². The topological polar surface area (TPSA) is 87.3 Å². The molecular weight excluding hydrogens is 382 g/mol. The molecule has 0 bridgehead atoms. The Morgan fingerprint density at radius 1 is 1.04 bits per heavy atom. The van der Waals surface area contributed by atoms with E-state index in [4.69, 9.17) is 0 Å². The molecule has 6 nitrogen and oxygen atoms in total. The normalized spacial score (nSPS) is 17.6. The zero-order valence-electron chi connectivity index (χ0n) is 14.2. The third-order valence-corrected chi connectivity index (χ3v) is 6.62. The molecule has 1 aliphatic rings. The number of nitrogens with one attached hydrogen (secondary N) is 3. The molecule has 27 heavy (non-hydrogen) atoms. The van der Waals surface area contributed by atoms with E-state index in [1.165, 1.54) is 0 Å². The monoisotopic (exact) mass is 399 g/mol. The molecule has 1 aliphatic heterocycles. The largest absolute Gasteiger partial charge is 0.364 e. The van der Waals surface area contributed by atoms with Gasteiger partial charge in [-0.25, -0.2) is 8.42 Å². The molecule has 8 heteroatoms. The number of hydrogen-bond donors (Lipinski definition) is 3. The first-order valence-electron chi connectivity index (χ1n) is 8.31. The lowest BCUT2D eigenvalue weighted by Crippen LogP contribution is -2.38. The number of thiophene rings is 1. The first-order chi connectivity index (χ1) is 13.0. The smallest absolute Gasteiger partial charge is 0.251 e. The molecule has 0 saturated heterocycles. The van der Waals surface area contributed by atoms with Crippen LogP contribution in [0, 0.1) is 0 Å². The summed E-state index contributed by atoms with van der Waals surface area (Å²) in [5, 5.41) is 8.01. The van der Waals surface area contributed by atoms with Crippen LogP contribution >= 0.6 is 11.3 Å². The molecule has 138 valence electrons. The average Bonchev–Trinajstić information content (AvgIpc) is 3.19. The molecular formula is C19H17N3O3S2. The van der Waals surface area contributed by atoms with Crippen LogP contribution in [0.25, 0.3) is 0 Å². The van der Waals surface area contributed by atoms with Gasteiger partial charge in [-0.2, -0.15) is 4.72 Å². The number of amides is 1. The molecule has 0 spiro atoms. The third kappa shape index (κ3) is 3.73. The molecule has 0 aliphatic carbocycles. The molecule has 3 N–H and O–H groups in total. The van der Waals surface area contributed by atoms with E-state index >= 15 is 0 Å². The summed E-state index contributed by atoms with van der Waals surface area (Å²) < 4.78 is 27.5. The number of rotatable bonds is 4. The van der Waals surface area contributed by atoms with Gasteiger partial charge < -0.3 is 10.6 Å². The van der Waals surface area contributed by atoms with Crippen molar-refractivity contribution in [2.24, 2.45) is 0 Å². The second kappa shape index (κ2) is 7.15. The number of benzene rings is 2. The molecule has 1 aromatic heterocycles. The van der Waals surface area contributed by atoms with Gasteiger partial charge in [-0.15, -0.1) is 11.3 Å². The van der Waals surface area contributed by atoms with Crippen LogP contribution in [0.2, 0.25) is 0 Å². The molecule has 1 atom stereocenters. The van der Waals surface area contributed by atoms with Crippen molar-refractivity contribution >= 4 is 33.0 Å². The Labute approximate surface area is 161 Å². The maximum absolute atomic E-state index is 12.4. The summed E-state index contributed by atoms with van der Waals surface area (Å²) in [5.41, 5.74) is 1.80. The Morgan fingerprint density at radius 2 is 1.81 bits per heavy atom. The van der Waals surface area contributed by atoms with Crippen LogP contribution in [0.15, 0.2) is 70.9 Å². The van der Waals surface area contributed by atoms with Gasteiger partial charge in [-0.3, -0.25) is 4.79 Å². The standard InChI is InChI=1S/C19H17N3O3S2/c23-19(20-12-15-4-3-11-26-15)14-9-7-13(8-10-14)18-21-16-5-1-2-6-17(16)27(24,25)22-18/h1-11,18,21-22H,12H2,(H,20,23)/t18-/m1/s1. The molecule has 0 radical (unpaired) electrons. The Kier molecular flexibility index (Phi) is 4.69. The third-order valence-electron chi connectivity index (χ3n) is 4.26. The van der Waals surface area contributed by atoms with Gasteiger partial charge in [0.05, 0.1) is 12.2 Å². The van der Waals surface area contributed by atoms with E-state index in [1.54, 1.807) is 59.9 Å². The lowest BCUT2D eigenvalue weighted by molar-refractivity contribution is 0.0951. The minimum atomic E-state index is -3.59. The van der Waals surface area contributed by atoms with Gasteiger partial charge in [0.1, 0.15) is 11.1 Å². The molecule has 2 heterocycles. The van der Waals surface area contributed by atoms with Gasteiger partial charge in [0.15, 0.2) is 0 Å². The SMILES string of the molecule is O=C(NCc1cccs1)c1ccc([C@@H]2Nc3ccccc3S(=O)(=O)N2)cc1. The van der Waals surface area contributed by atoms with E-state index in [9.17, 15) is 13.2 Å². The molecule has 4 rings (SSSR count). The second-order valence-electron chi connectivity index (χ2n) is 6.08. The second-order valence-corrected chi connectivity index (χ2v) is 8.79. The Morgan fingerprint density at radius 3 is 2.56 bits per heavy atom. The van der Waals surface area contributed by atoms with Crippen molar-refractivity contribution < 1.29 is 13.2 Å². The number of fused-ring (bicyclic) bond motifs is 1. The van der Waals surface area contributed by atoms with E-state index in [0.29, 0.717) is 17.8 Å². The van der Waals surface area contributed by atoms with Crippen molar-refractivity contribution in [2.45, 2.75) is 17.6 Å². The molecule has 0 saturated carbocycles. The van der Waals surface area contributed by atoms with Crippen molar-refractivity contribution in [3.8, 4) is 0 Å². The van der Waals surface area contributed by atoms with Crippen LogP contribution in [0.4, 0.5) is 5.69 Å². The Balaban J connectivity index is 1.49. The zero-order chi connectivity index (χ0) is 18.9. The van der Waals surface area contributed by atoms with E-state index in [0.717, 1.165) is 10.4 Å². The van der Waals surface area contributed by atoms with Crippen LogP contribution in [-0.4, -0.2) is 14.3 Å². The average molecular weight is 399 g/mol. The molecule has 0 unspecified atom stereocenters. The number of carbonyl (C=O) groups excluding carboxylic acids is 1. The summed E-state index contributed by atoms with van der Waals surface area (Å²) in [6.07, 6.45) is -0.590. The van der Waals surface area contributed by atoms with Crippen molar-refractivity contribution in [3.63, 3.8) is 0 Å². The number of hydrogen-bond acceptors (Lipinski definition) is 5. The summed E-state index contributed by atoms with van der Waals surface area (Å²) in [4.78, 5) is 13.6. The fourth-order valence-electron chi connectivity index (χ4n) is 2.88. The number of anilines is 1. The van der Waals surface area contributed by atoms with Crippen LogP contribution < -0.4 is 15.4 Å². The van der Waals surface area contributed by atoms with Crippen molar-refractivity contribution in [2.75, 3.05) is 5.32 Å². The highest BCUT2D eigenvalue weighted by molar-refractivity contribution is 7.89. The van der Waals surface area contributed by atoms with Gasteiger partial charge in [-0.1, -0.05) is 30.3 Å². The fraction of sp³-hybridized carbons (Fsp3) is 0.105. The summed E-state index contributed by atoms with van der Waals surface area (Å²) in [7, 11) is -3.59. The van der Waals surface area contributed by atoms with Crippen molar-refractivity contribution in [1.29, 1.82) is 0 Å². The lowest BCUT2D eigenvalue weighted by atomic mass is 10.1. The van der Waals surface area contributed by atoms with Gasteiger partial charge in [0.2, 0.25) is 10.0 Å². The van der Waals surface area contributed by atoms with Crippen molar-refractivity contribution in [3.05, 3.63) is 82.0 Å². The van der Waals surface area contributed by atoms with Crippen LogP contribution in [0.1, 0.15) is 27.0 Å². The molecule has 3 aromatic rings. The minimum absolute atomic E-state index is 0.169. The summed E-state index contributed by atoms with van der Waals surface area (Å²) in [5.74, 6) is -0.169. The highest BCUT2D eigenvalue weighted by Gasteiger charge is 2.29. The molecule has 0 fully saturated rings. The Hall–Kier alpha value is -2.68. The first-order valence-corrected chi connectivity index (χ1v) is 10.7. The molecule has 2 aromatic carbocycles. The lowest BCUT2D eigenvalue weighted by Gasteiger charge is -2.28. The predicted octanol–water partition coefficient (Wildman–Crippen LogP) is 3.08. The van der Waals surface area contributed by atoms with E-state index in [1.807, 2.05) is 17.5 Å². The van der Waals surface area contributed by atoms with Crippen LogP contribution in [-0.2, 0) is 16.6 Å². The van der Waals surface area contributed by atoms with Gasteiger partial charge in [0.25, 0.3) is 5.91 Å². The number of sulfonamides is 1. The summed E-state index contributed by atoms with van der Waals surface area (Å²) in [6, 6.07) is 17.5. The maximum Gasteiger partial charge on any atom is 0.251 e. The van der Waals surface area contributed by atoms with Gasteiger partial charge in [0, 0.05) is 10.4 Å². The van der Waals surface area contributed by atoms with E-state index < -0.39 is 16.2 Å². The van der Waals surface area contributed by atoms with Gasteiger partial charge >= 0.3 is 0 Å².